The van der Waals surface area contributed by atoms with Crippen molar-refractivity contribution in [2.24, 2.45) is 0 Å². The van der Waals surface area contributed by atoms with Crippen LogP contribution in [0.5, 0.6) is 0 Å². The fourth-order valence-electron chi connectivity index (χ4n) is 1.42. The maximum Gasteiger partial charge on any atom is 0.135 e. The van der Waals surface area contributed by atoms with Crippen LogP contribution in [0.25, 0.3) is 0 Å². The van der Waals surface area contributed by atoms with Crippen LogP contribution < -0.4 is 10.6 Å². The number of aliphatic hydroxyl groups excluding tert-OH is 1. The van der Waals surface area contributed by atoms with E-state index in [1.54, 1.807) is 18.2 Å². The second-order valence-electron chi connectivity index (χ2n) is 3.57. The molecule has 0 atom stereocenters. The van der Waals surface area contributed by atoms with Gasteiger partial charge in [0.2, 0.25) is 0 Å². The van der Waals surface area contributed by atoms with E-state index in [1.165, 1.54) is 18.5 Å². The second-order valence-corrected chi connectivity index (χ2v) is 3.57. The molecule has 0 aliphatic rings. The van der Waals surface area contributed by atoms with Gasteiger partial charge in [-0.15, -0.1) is 0 Å². The normalized spacial score (nSPS) is 10.1. The summed E-state index contributed by atoms with van der Waals surface area (Å²) in [6, 6.07) is 7.79. The van der Waals surface area contributed by atoms with Gasteiger partial charge in [0.1, 0.15) is 23.8 Å². The lowest BCUT2D eigenvalue weighted by atomic mass is 10.3. The zero-order valence-corrected chi connectivity index (χ0v) is 9.60. The van der Waals surface area contributed by atoms with Crippen LogP contribution in [0.3, 0.4) is 0 Å². The number of aromatic nitrogens is 2. The highest BCUT2D eigenvalue weighted by Gasteiger charge is 2.00. The smallest absolute Gasteiger partial charge is 0.135 e. The van der Waals surface area contributed by atoms with E-state index < -0.39 is 0 Å². The number of rotatable bonds is 5. The van der Waals surface area contributed by atoms with Gasteiger partial charge in [-0.25, -0.2) is 14.4 Å². The molecule has 1 aromatic heterocycles. The van der Waals surface area contributed by atoms with E-state index >= 15 is 0 Å². The molecule has 2 aromatic rings. The quantitative estimate of drug-likeness (QED) is 0.752. The number of halogens is 1. The van der Waals surface area contributed by atoms with Gasteiger partial charge in [0.15, 0.2) is 0 Å². The summed E-state index contributed by atoms with van der Waals surface area (Å²) in [5, 5.41) is 14.6. The van der Waals surface area contributed by atoms with E-state index in [-0.39, 0.29) is 12.4 Å². The van der Waals surface area contributed by atoms with E-state index in [4.69, 9.17) is 5.11 Å². The van der Waals surface area contributed by atoms with E-state index in [0.717, 1.165) is 0 Å². The van der Waals surface area contributed by atoms with Crippen molar-refractivity contribution < 1.29 is 9.50 Å². The van der Waals surface area contributed by atoms with Gasteiger partial charge in [-0.05, 0) is 18.2 Å². The van der Waals surface area contributed by atoms with Gasteiger partial charge in [-0.3, -0.25) is 0 Å². The highest BCUT2D eigenvalue weighted by Crippen LogP contribution is 2.16. The third kappa shape index (κ3) is 3.39. The first-order valence-electron chi connectivity index (χ1n) is 5.47. The zero-order chi connectivity index (χ0) is 12.8. The lowest BCUT2D eigenvalue weighted by Crippen LogP contribution is -2.07. The molecule has 5 nitrogen and oxygen atoms in total. The minimum atomic E-state index is -0.312. The minimum Gasteiger partial charge on any atom is -0.395 e. The SMILES string of the molecule is OCCNc1cc(Nc2cccc(F)c2)ncn1. The molecule has 0 bridgehead atoms. The number of nitrogens with zero attached hydrogens (tertiary/aromatic N) is 2. The topological polar surface area (TPSA) is 70.1 Å². The Labute approximate surface area is 104 Å². The summed E-state index contributed by atoms with van der Waals surface area (Å²) in [4.78, 5) is 8.01. The number of hydrogen-bond acceptors (Lipinski definition) is 5. The second kappa shape index (κ2) is 5.92. The summed E-state index contributed by atoms with van der Waals surface area (Å²) >= 11 is 0. The fraction of sp³-hybridized carbons (Fsp3) is 0.167. The summed E-state index contributed by atoms with van der Waals surface area (Å²) in [6.07, 6.45) is 1.39. The number of hydrogen-bond donors (Lipinski definition) is 3. The third-order valence-electron chi connectivity index (χ3n) is 2.18. The van der Waals surface area contributed by atoms with Crippen molar-refractivity contribution in [3.63, 3.8) is 0 Å². The Hall–Kier alpha value is -2.21. The molecule has 0 aliphatic heterocycles. The summed E-state index contributed by atoms with van der Waals surface area (Å²) < 4.78 is 13.0. The Bertz CT molecular complexity index is 521. The van der Waals surface area contributed by atoms with Crippen molar-refractivity contribution in [1.29, 1.82) is 0 Å². The van der Waals surface area contributed by atoms with Crippen LogP contribution >= 0.6 is 0 Å². The van der Waals surface area contributed by atoms with Gasteiger partial charge >= 0.3 is 0 Å². The van der Waals surface area contributed by atoms with Crippen molar-refractivity contribution in [3.8, 4) is 0 Å². The Balaban J connectivity index is 2.09. The molecular formula is C12H13FN4O. The predicted molar refractivity (Wildman–Crippen MR) is 67.3 cm³/mol. The van der Waals surface area contributed by atoms with Crippen LogP contribution in [0.15, 0.2) is 36.7 Å². The molecular weight excluding hydrogens is 235 g/mol. The molecule has 0 unspecified atom stereocenters. The lowest BCUT2D eigenvalue weighted by molar-refractivity contribution is 0.311. The number of aliphatic hydroxyl groups is 1. The molecule has 6 heteroatoms. The van der Waals surface area contributed by atoms with Crippen molar-refractivity contribution in [1.82, 2.24) is 9.97 Å². The van der Waals surface area contributed by atoms with Crippen LogP contribution in [0.4, 0.5) is 21.7 Å². The van der Waals surface area contributed by atoms with Gasteiger partial charge in [-0.1, -0.05) is 6.07 Å². The van der Waals surface area contributed by atoms with E-state index in [9.17, 15) is 4.39 Å². The van der Waals surface area contributed by atoms with Crippen molar-refractivity contribution in [3.05, 3.63) is 42.5 Å². The minimum absolute atomic E-state index is 0.0245. The fourth-order valence-corrected chi connectivity index (χ4v) is 1.42. The maximum atomic E-state index is 13.0. The number of anilines is 3. The van der Waals surface area contributed by atoms with Gasteiger partial charge < -0.3 is 15.7 Å². The third-order valence-corrected chi connectivity index (χ3v) is 2.18. The summed E-state index contributed by atoms with van der Waals surface area (Å²) in [6.45, 7) is 0.438. The molecule has 0 saturated heterocycles. The molecule has 0 saturated carbocycles. The summed E-state index contributed by atoms with van der Waals surface area (Å²) in [5.74, 6) is 0.835. The largest absolute Gasteiger partial charge is 0.395 e. The molecule has 2 rings (SSSR count). The predicted octanol–water partition coefficient (Wildman–Crippen LogP) is 1.76. The number of nitrogens with one attached hydrogen (secondary N) is 2. The van der Waals surface area contributed by atoms with Crippen molar-refractivity contribution >= 4 is 17.3 Å². The molecule has 0 aliphatic carbocycles. The molecule has 1 heterocycles. The zero-order valence-electron chi connectivity index (χ0n) is 9.60. The molecule has 0 fully saturated rings. The van der Waals surface area contributed by atoms with Crippen LogP contribution in [-0.4, -0.2) is 28.2 Å². The van der Waals surface area contributed by atoms with Crippen LogP contribution in [-0.2, 0) is 0 Å². The van der Waals surface area contributed by atoms with E-state index in [0.29, 0.717) is 23.9 Å². The van der Waals surface area contributed by atoms with Gasteiger partial charge in [-0.2, -0.15) is 0 Å². The number of benzene rings is 1. The summed E-state index contributed by atoms with van der Waals surface area (Å²) in [7, 11) is 0. The Morgan fingerprint density at radius 1 is 1.17 bits per heavy atom. The van der Waals surface area contributed by atoms with Crippen LogP contribution in [0.2, 0.25) is 0 Å². The molecule has 1 aromatic carbocycles. The molecule has 18 heavy (non-hydrogen) atoms. The Morgan fingerprint density at radius 2 is 2.00 bits per heavy atom. The molecule has 0 radical (unpaired) electrons. The molecule has 3 N–H and O–H groups in total. The van der Waals surface area contributed by atoms with Gasteiger partial charge in [0.25, 0.3) is 0 Å². The average Bonchev–Trinajstić information content (AvgIpc) is 2.37. The first-order chi connectivity index (χ1) is 8.78. The first kappa shape index (κ1) is 12.3. The molecule has 94 valence electrons. The molecule has 0 amide bonds. The monoisotopic (exact) mass is 248 g/mol. The standard InChI is InChI=1S/C12H13FN4O/c13-9-2-1-3-10(6-9)17-12-7-11(14-4-5-18)15-8-16-12/h1-3,6-8,18H,4-5H2,(H2,14,15,16,17). The van der Waals surface area contributed by atoms with Gasteiger partial charge in [0, 0.05) is 18.3 Å². The maximum absolute atomic E-state index is 13.0. The molecule has 0 spiro atoms. The first-order valence-corrected chi connectivity index (χ1v) is 5.47. The Kier molecular flexibility index (Phi) is 4.03. The van der Waals surface area contributed by atoms with E-state index in [2.05, 4.69) is 20.6 Å². The van der Waals surface area contributed by atoms with Gasteiger partial charge in [0.05, 0.1) is 6.61 Å². The van der Waals surface area contributed by atoms with E-state index in [1.807, 2.05) is 0 Å². The van der Waals surface area contributed by atoms with Crippen molar-refractivity contribution in [2.45, 2.75) is 0 Å². The lowest BCUT2D eigenvalue weighted by Gasteiger charge is -2.07. The van der Waals surface area contributed by atoms with Crippen LogP contribution in [0.1, 0.15) is 0 Å². The van der Waals surface area contributed by atoms with Crippen LogP contribution in [0, 0.1) is 5.82 Å². The van der Waals surface area contributed by atoms with Crippen molar-refractivity contribution in [2.75, 3.05) is 23.8 Å². The Morgan fingerprint density at radius 3 is 2.78 bits per heavy atom. The average molecular weight is 248 g/mol. The summed E-state index contributed by atoms with van der Waals surface area (Å²) in [5.41, 5.74) is 0.613. The highest BCUT2D eigenvalue weighted by molar-refractivity contribution is 5.58. The highest BCUT2D eigenvalue weighted by atomic mass is 19.1.